The molecule has 1 aromatic carbocycles. The molecule has 0 radical (unpaired) electrons. The van der Waals surface area contributed by atoms with Crippen LogP contribution in [0.2, 0.25) is 0 Å². The van der Waals surface area contributed by atoms with E-state index in [1.54, 1.807) is 0 Å². The minimum absolute atomic E-state index is 0.162. The number of aliphatic hydroxyl groups excluding tert-OH is 1. The van der Waals surface area contributed by atoms with Crippen LogP contribution in [0, 0.1) is 0 Å². The summed E-state index contributed by atoms with van der Waals surface area (Å²) in [5, 5.41) is 19.3. The van der Waals surface area contributed by atoms with Crippen LogP contribution in [0.25, 0.3) is 0 Å². The first-order valence-corrected chi connectivity index (χ1v) is 8.84. The van der Waals surface area contributed by atoms with Crippen LogP contribution in [-0.4, -0.2) is 40.7 Å². The summed E-state index contributed by atoms with van der Waals surface area (Å²) in [7, 11) is 0. The summed E-state index contributed by atoms with van der Waals surface area (Å²) in [5.74, 6) is -0.763. The Bertz CT molecular complexity index is 515. The minimum atomic E-state index is -0.763. The summed E-state index contributed by atoms with van der Waals surface area (Å²) in [5.41, 5.74) is 3.82. The maximum atomic E-state index is 10.7. The quantitative estimate of drug-likeness (QED) is 0.734. The Kier molecular flexibility index (Phi) is 7.06. The zero-order valence-electron chi connectivity index (χ0n) is 14.1. The van der Waals surface area contributed by atoms with Crippen molar-refractivity contribution in [2.45, 2.75) is 58.0 Å². The van der Waals surface area contributed by atoms with Gasteiger partial charge in [0.1, 0.15) is 0 Å². The van der Waals surface area contributed by atoms with E-state index in [1.165, 1.54) is 24.0 Å². The lowest BCUT2D eigenvalue weighted by molar-refractivity contribution is -0.137. The van der Waals surface area contributed by atoms with E-state index >= 15 is 0 Å². The van der Waals surface area contributed by atoms with Crippen molar-refractivity contribution in [3.05, 3.63) is 34.9 Å². The van der Waals surface area contributed by atoms with E-state index in [0.717, 1.165) is 37.9 Å². The van der Waals surface area contributed by atoms with Crippen LogP contribution in [-0.2, 0) is 17.6 Å². The first kappa shape index (κ1) is 18.0. The van der Waals surface area contributed by atoms with Gasteiger partial charge in [0.05, 0.1) is 12.5 Å². The van der Waals surface area contributed by atoms with Crippen LogP contribution in [0.5, 0.6) is 0 Å². The van der Waals surface area contributed by atoms with Gasteiger partial charge < -0.3 is 15.1 Å². The Morgan fingerprint density at radius 3 is 2.61 bits per heavy atom. The zero-order valence-corrected chi connectivity index (χ0v) is 14.1. The summed E-state index contributed by atoms with van der Waals surface area (Å²) in [6.45, 7) is 4.26. The third-order valence-corrected chi connectivity index (χ3v) is 4.66. The van der Waals surface area contributed by atoms with Gasteiger partial charge in [-0.05, 0) is 61.8 Å². The smallest absolute Gasteiger partial charge is 0.304 e. The first-order valence-electron chi connectivity index (χ1n) is 8.84. The van der Waals surface area contributed by atoms with E-state index in [9.17, 15) is 9.90 Å². The number of hydrogen-bond donors (Lipinski definition) is 2. The summed E-state index contributed by atoms with van der Waals surface area (Å²) in [6.07, 6.45) is 6.13. The van der Waals surface area contributed by atoms with Gasteiger partial charge in [-0.2, -0.15) is 0 Å². The van der Waals surface area contributed by atoms with Crippen molar-refractivity contribution in [1.82, 2.24) is 4.90 Å². The molecule has 2 rings (SSSR count). The molecule has 1 aliphatic rings. The van der Waals surface area contributed by atoms with Crippen molar-refractivity contribution in [3.63, 3.8) is 0 Å². The van der Waals surface area contributed by atoms with Crippen molar-refractivity contribution >= 4 is 5.97 Å². The highest BCUT2D eigenvalue weighted by Crippen LogP contribution is 2.26. The van der Waals surface area contributed by atoms with E-state index in [2.05, 4.69) is 30.0 Å². The second-order valence-corrected chi connectivity index (χ2v) is 6.53. The lowest BCUT2D eigenvalue weighted by atomic mass is 9.89. The van der Waals surface area contributed by atoms with Gasteiger partial charge in [-0.15, -0.1) is 0 Å². The Hall–Kier alpha value is -1.39. The Morgan fingerprint density at radius 2 is 1.91 bits per heavy atom. The van der Waals surface area contributed by atoms with E-state index in [-0.39, 0.29) is 6.42 Å². The van der Waals surface area contributed by atoms with Crippen LogP contribution in [0.1, 0.15) is 61.8 Å². The molecule has 0 fully saturated rings. The van der Waals surface area contributed by atoms with E-state index in [4.69, 9.17) is 5.11 Å². The average molecular weight is 319 g/mol. The van der Waals surface area contributed by atoms with Crippen LogP contribution < -0.4 is 0 Å². The Morgan fingerprint density at radius 1 is 1.17 bits per heavy atom. The maximum Gasteiger partial charge on any atom is 0.304 e. The molecule has 4 heteroatoms. The summed E-state index contributed by atoms with van der Waals surface area (Å²) in [4.78, 5) is 12.9. The number of rotatable bonds is 9. The molecule has 0 aromatic heterocycles. The highest BCUT2D eigenvalue weighted by atomic mass is 16.4. The first-order chi connectivity index (χ1) is 11.1. The second kappa shape index (κ2) is 9.04. The topological polar surface area (TPSA) is 60.8 Å². The zero-order chi connectivity index (χ0) is 16.7. The molecule has 0 saturated carbocycles. The van der Waals surface area contributed by atoms with E-state index in [1.807, 2.05) is 0 Å². The van der Waals surface area contributed by atoms with Crippen molar-refractivity contribution in [2.24, 2.45) is 0 Å². The minimum Gasteiger partial charge on any atom is -0.481 e. The lowest BCUT2D eigenvalue weighted by Crippen LogP contribution is -2.29. The van der Waals surface area contributed by atoms with Gasteiger partial charge in [-0.1, -0.05) is 25.1 Å². The third kappa shape index (κ3) is 5.63. The maximum absolute atomic E-state index is 10.7. The monoisotopic (exact) mass is 319 g/mol. The van der Waals surface area contributed by atoms with Gasteiger partial charge in [0.25, 0.3) is 0 Å². The van der Waals surface area contributed by atoms with Gasteiger partial charge in [0, 0.05) is 13.1 Å². The van der Waals surface area contributed by atoms with Crippen LogP contribution in [0.4, 0.5) is 0 Å². The number of aliphatic carboxylic acids is 1. The fourth-order valence-corrected chi connectivity index (χ4v) is 3.34. The molecule has 23 heavy (non-hydrogen) atoms. The van der Waals surface area contributed by atoms with Gasteiger partial charge in [0.15, 0.2) is 0 Å². The van der Waals surface area contributed by atoms with Gasteiger partial charge in [0.2, 0.25) is 0 Å². The van der Waals surface area contributed by atoms with Gasteiger partial charge in [-0.3, -0.25) is 4.79 Å². The lowest BCUT2D eigenvalue weighted by Gasteiger charge is -2.23. The predicted molar refractivity (Wildman–Crippen MR) is 91.6 cm³/mol. The summed E-state index contributed by atoms with van der Waals surface area (Å²) in [6, 6.07) is 6.39. The number of nitrogens with zero attached hydrogens (tertiary/aromatic N) is 1. The number of aliphatic hydroxyl groups is 1. The molecule has 1 aromatic rings. The standard InChI is InChI=1S/C19H29NO3/c1-2-11-20(13-10-19(22)23)12-9-18(21)17-8-7-15-5-3-4-6-16(15)14-17/h7-8,14,18,21H,2-6,9-13H2,1H3,(H,22,23). The molecular formula is C19H29NO3. The number of fused-ring (bicyclic) bond motifs is 1. The highest BCUT2D eigenvalue weighted by Gasteiger charge is 2.15. The number of aryl methyl sites for hydroxylation is 2. The average Bonchev–Trinajstić information content (AvgIpc) is 2.56. The fourth-order valence-electron chi connectivity index (χ4n) is 3.34. The van der Waals surface area contributed by atoms with E-state index < -0.39 is 12.1 Å². The summed E-state index contributed by atoms with van der Waals surface area (Å²) >= 11 is 0. The Labute approximate surface area is 139 Å². The van der Waals surface area contributed by atoms with Gasteiger partial charge >= 0.3 is 5.97 Å². The molecule has 1 unspecified atom stereocenters. The van der Waals surface area contributed by atoms with Crippen molar-refractivity contribution in [1.29, 1.82) is 0 Å². The molecule has 0 spiro atoms. The molecule has 2 N–H and O–H groups in total. The number of hydrogen-bond acceptors (Lipinski definition) is 3. The van der Waals surface area contributed by atoms with Crippen molar-refractivity contribution < 1.29 is 15.0 Å². The van der Waals surface area contributed by atoms with Gasteiger partial charge in [-0.25, -0.2) is 0 Å². The normalized spacial score (nSPS) is 15.4. The number of carbonyl (C=O) groups is 1. The van der Waals surface area contributed by atoms with E-state index in [0.29, 0.717) is 13.0 Å². The third-order valence-electron chi connectivity index (χ3n) is 4.66. The molecule has 4 nitrogen and oxygen atoms in total. The summed E-state index contributed by atoms with van der Waals surface area (Å²) < 4.78 is 0. The molecular weight excluding hydrogens is 290 g/mol. The predicted octanol–water partition coefficient (Wildman–Crippen LogP) is 3.18. The number of benzene rings is 1. The molecule has 0 bridgehead atoms. The van der Waals surface area contributed by atoms with Crippen LogP contribution in [0.15, 0.2) is 18.2 Å². The molecule has 1 atom stereocenters. The highest BCUT2D eigenvalue weighted by molar-refractivity contribution is 5.66. The molecule has 128 valence electrons. The Balaban J connectivity index is 1.89. The van der Waals surface area contributed by atoms with Crippen LogP contribution >= 0.6 is 0 Å². The molecule has 0 aliphatic heterocycles. The molecule has 0 amide bonds. The second-order valence-electron chi connectivity index (χ2n) is 6.53. The SMILES string of the molecule is CCCN(CCC(=O)O)CCC(O)c1ccc2c(c1)CCCC2. The molecule has 1 aliphatic carbocycles. The largest absolute Gasteiger partial charge is 0.481 e. The van der Waals surface area contributed by atoms with Crippen molar-refractivity contribution in [3.8, 4) is 0 Å². The molecule has 0 heterocycles. The number of carboxylic acids is 1. The molecule has 0 saturated heterocycles. The van der Waals surface area contributed by atoms with Crippen molar-refractivity contribution in [2.75, 3.05) is 19.6 Å². The fraction of sp³-hybridized carbons (Fsp3) is 0.632. The number of carboxylic acid groups (broad SMARTS) is 1. The van der Waals surface area contributed by atoms with Crippen LogP contribution in [0.3, 0.4) is 0 Å².